The van der Waals surface area contributed by atoms with Crippen molar-refractivity contribution in [2.75, 3.05) is 13.7 Å². The van der Waals surface area contributed by atoms with Crippen LogP contribution in [-0.4, -0.2) is 25.8 Å². The number of nitriles is 1. The highest BCUT2D eigenvalue weighted by molar-refractivity contribution is 4.89. The number of rotatable bonds is 2. The minimum absolute atomic E-state index is 0.239. The molecule has 0 unspecified atom stereocenters. The number of methoxy groups -OCH3 is 1. The van der Waals surface area contributed by atoms with Gasteiger partial charge in [0.2, 0.25) is 0 Å². The molecule has 0 aromatic carbocycles. The van der Waals surface area contributed by atoms with Gasteiger partial charge in [0, 0.05) is 13.2 Å². The molecule has 0 aromatic heterocycles. The van der Waals surface area contributed by atoms with Crippen LogP contribution in [0.4, 0.5) is 0 Å². The van der Waals surface area contributed by atoms with Gasteiger partial charge in [-0.3, -0.25) is 0 Å². The van der Waals surface area contributed by atoms with E-state index in [1.807, 2.05) is 0 Å². The molecule has 1 saturated heterocycles. The molecule has 11 heavy (non-hydrogen) atoms. The third kappa shape index (κ3) is 2.18. The Morgan fingerprint density at radius 2 is 2.55 bits per heavy atom. The van der Waals surface area contributed by atoms with E-state index in [4.69, 9.17) is 10.00 Å². The van der Waals surface area contributed by atoms with Crippen LogP contribution in [0.25, 0.3) is 0 Å². The average Bonchev–Trinajstić information content (AvgIpc) is 2.06. The van der Waals surface area contributed by atoms with E-state index in [9.17, 15) is 0 Å². The van der Waals surface area contributed by atoms with Crippen molar-refractivity contribution in [1.82, 2.24) is 5.32 Å². The zero-order valence-corrected chi connectivity index (χ0v) is 6.84. The molecule has 0 spiro atoms. The maximum absolute atomic E-state index is 8.49. The first kappa shape index (κ1) is 8.51. The van der Waals surface area contributed by atoms with Crippen molar-refractivity contribution < 1.29 is 4.74 Å². The Morgan fingerprint density at radius 3 is 3.18 bits per heavy atom. The van der Waals surface area contributed by atoms with Crippen LogP contribution in [0.1, 0.15) is 19.3 Å². The highest BCUT2D eigenvalue weighted by atomic mass is 16.5. The van der Waals surface area contributed by atoms with Crippen LogP contribution in [-0.2, 0) is 4.74 Å². The lowest BCUT2D eigenvalue weighted by Gasteiger charge is -2.29. The predicted octanol–water partition coefficient (Wildman–Crippen LogP) is 0.667. The van der Waals surface area contributed by atoms with E-state index in [1.165, 1.54) is 0 Å². The van der Waals surface area contributed by atoms with E-state index >= 15 is 0 Å². The lowest BCUT2D eigenvalue weighted by atomic mass is 9.99. The highest BCUT2D eigenvalue weighted by Gasteiger charge is 2.23. The van der Waals surface area contributed by atoms with Gasteiger partial charge < -0.3 is 10.1 Å². The summed E-state index contributed by atoms with van der Waals surface area (Å²) in [5.41, 5.74) is 0. The van der Waals surface area contributed by atoms with Crippen molar-refractivity contribution in [3.05, 3.63) is 0 Å². The smallest absolute Gasteiger partial charge is 0.0734 e. The van der Waals surface area contributed by atoms with Crippen molar-refractivity contribution in [2.24, 2.45) is 0 Å². The van der Waals surface area contributed by atoms with Crippen molar-refractivity contribution in [3.8, 4) is 6.07 Å². The fourth-order valence-corrected chi connectivity index (χ4v) is 1.51. The number of hydrogen-bond acceptors (Lipinski definition) is 3. The minimum Gasteiger partial charge on any atom is -0.380 e. The van der Waals surface area contributed by atoms with E-state index in [1.54, 1.807) is 7.11 Å². The summed E-state index contributed by atoms with van der Waals surface area (Å²) in [6.45, 7) is 1.02. The second-order valence-electron chi connectivity index (χ2n) is 2.84. The van der Waals surface area contributed by atoms with Gasteiger partial charge in [0.05, 0.1) is 18.6 Å². The van der Waals surface area contributed by atoms with Crippen LogP contribution in [0.15, 0.2) is 0 Å². The van der Waals surface area contributed by atoms with Gasteiger partial charge >= 0.3 is 0 Å². The Morgan fingerprint density at radius 1 is 1.73 bits per heavy atom. The molecule has 1 aliphatic rings. The van der Waals surface area contributed by atoms with Crippen molar-refractivity contribution in [2.45, 2.75) is 31.4 Å². The molecule has 2 atom stereocenters. The molecule has 1 fully saturated rings. The first-order chi connectivity index (χ1) is 5.38. The molecule has 0 saturated carbocycles. The summed E-state index contributed by atoms with van der Waals surface area (Å²) in [5.74, 6) is 0. The van der Waals surface area contributed by atoms with E-state index < -0.39 is 0 Å². The monoisotopic (exact) mass is 154 g/mol. The van der Waals surface area contributed by atoms with Crippen molar-refractivity contribution >= 4 is 0 Å². The molecule has 3 nitrogen and oxygen atoms in total. The number of nitrogens with one attached hydrogen (secondary N) is 1. The second kappa shape index (κ2) is 4.32. The van der Waals surface area contributed by atoms with E-state index in [0.29, 0.717) is 6.42 Å². The molecule has 0 aromatic rings. The van der Waals surface area contributed by atoms with Gasteiger partial charge in [-0.15, -0.1) is 0 Å². The van der Waals surface area contributed by atoms with Gasteiger partial charge in [-0.1, -0.05) is 0 Å². The summed E-state index contributed by atoms with van der Waals surface area (Å²) < 4.78 is 5.24. The SMILES string of the molecule is CO[C@@H]1CCCN[C@@H]1CC#N. The lowest BCUT2D eigenvalue weighted by Crippen LogP contribution is -2.45. The quantitative estimate of drug-likeness (QED) is 0.635. The third-order valence-corrected chi connectivity index (χ3v) is 2.13. The first-order valence-electron chi connectivity index (χ1n) is 4.01. The van der Waals surface area contributed by atoms with Gasteiger partial charge in [-0.25, -0.2) is 0 Å². The van der Waals surface area contributed by atoms with Gasteiger partial charge in [0.25, 0.3) is 0 Å². The van der Waals surface area contributed by atoms with E-state index in [0.717, 1.165) is 19.4 Å². The molecule has 1 heterocycles. The molecule has 3 heteroatoms. The standard InChI is InChI=1S/C8H14N2O/c1-11-8-3-2-6-10-7(8)4-5-9/h7-8,10H,2-4,6H2,1H3/t7-,8-/m1/s1. The van der Waals surface area contributed by atoms with Crippen LogP contribution in [0, 0.1) is 11.3 Å². The maximum Gasteiger partial charge on any atom is 0.0734 e. The summed E-state index contributed by atoms with van der Waals surface area (Å²) in [5, 5.41) is 11.8. The van der Waals surface area contributed by atoms with E-state index in [-0.39, 0.29) is 12.1 Å². The summed E-state index contributed by atoms with van der Waals surface area (Å²) >= 11 is 0. The van der Waals surface area contributed by atoms with Crippen LogP contribution in [0.5, 0.6) is 0 Å². The number of nitrogens with zero attached hydrogens (tertiary/aromatic N) is 1. The highest BCUT2D eigenvalue weighted by Crippen LogP contribution is 2.13. The molecule has 62 valence electrons. The molecule has 0 amide bonds. The fraction of sp³-hybridized carbons (Fsp3) is 0.875. The zero-order valence-electron chi connectivity index (χ0n) is 6.84. The summed E-state index contributed by atoms with van der Waals surface area (Å²) in [7, 11) is 1.71. The molecule has 1 N–H and O–H groups in total. The minimum atomic E-state index is 0.239. The van der Waals surface area contributed by atoms with Crippen molar-refractivity contribution in [3.63, 3.8) is 0 Å². The van der Waals surface area contributed by atoms with Crippen LogP contribution in [0.2, 0.25) is 0 Å². The molecular formula is C8H14N2O. The van der Waals surface area contributed by atoms with Crippen LogP contribution >= 0.6 is 0 Å². The van der Waals surface area contributed by atoms with Crippen molar-refractivity contribution in [1.29, 1.82) is 5.26 Å². The largest absolute Gasteiger partial charge is 0.380 e. The van der Waals surface area contributed by atoms with Gasteiger partial charge in [0.15, 0.2) is 0 Å². The fourth-order valence-electron chi connectivity index (χ4n) is 1.51. The molecule has 0 radical (unpaired) electrons. The van der Waals surface area contributed by atoms with Gasteiger partial charge in [-0.05, 0) is 19.4 Å². The lowest BCUT2D eigenvalue weighted by molar-refractivity contribution is 0.0470. The van der Waals surface area contributed by atoms with Crippen LogP contribution < -0.4 is 5.32 Å². The zero-order chi connectivity index (χ0) is 8.10. The Balaban J connectivity index is 2.39. The summed E-state index contributed by atoms with van der Waals surface area (Å²) in [6, 6.07) is 2.41. The Bertz CT molecular complexity index is 153. The molecule has 1 rings (SSSR count). The number of hydrogen-bond donors (Lipinski definition) is 1. The maximum atomic E-state index is 8.49. The second-order valence-corrected chi connectivity index (χ2v) is 2.84. The van der Waals surface area contributed by atoms with E-state index in [2.05, 4.69) is 11.4 Å². The Labute approximate surface area is 67.3 Å². The predicted molar refractivity (Wildman–Crippen MR) is 42.1 cm³/mol. The molecule has 0 bridgehead atoms. The average molecular weight is 154 g/mol. The summed E-state index contributed by atoms with van der Waals surface area (Å²) in [4.78, 5) is 0. The molecule has 1 aliphatic heterocycles. The first-order valence-corrected chi connectivity index (χ1v) is 4.01. The Hall–Kier alpha value is -0.590. The normalized spacial score (nSPS) is 31.3. The van der Waals surface area contributed by atoms with Gasteiger partial charge in [-0.2, -0.15) is 5.26 Å². The Kier molecular flexibility index (Phi) is 3.34. The molecular weight excluding hydrogens is 140 g/mol. The molecule has 0 aliphatic carbocycles. The van der Waals surface area contributed by atoms with Gasteiger partial charge in [0.1, 0.15) is 0 Å². The summed E-state index contributed by atoms with van der Waals surface area (Å²) in [6.07, 6.45) is 3.03. The number of ether oxygens (including phenoxy) is 1. The number of piperidine rings is 1. The van der Waals surface area contributed by atoms with Crippen LogP contribution in [0.3, 0.4) is 0 Å². The topological polar surface area (TPSA) is 45.0 Å². The third-order valence-electron chi connectivity index (χ3n) is 2.13.